The van der Waals surface area contributed by atoms with Crippen LogP contribution in [0, 0.1) is 0 Å². The number of amides is 2. The highest BCUT2D eigenvalue weighted by atomic mass is 16.5. The van der Waals surface area contributed by atoms with E-state index in [1.807, 2.05) is 19.1 Å². The van der Waals surface area contributed by atoms with Gasteiger partial charge < -0.3 is 31.5 Å². The minimum Gasteiger partial charge on any atom is -0.478 e. The molecule has 0 bridgehead atoms. The van der Waals surface area contributed by atoms with Crippen LogP contribution in [0.5, 0.6) is 6.01 Å². The molecule has 0 saturated carbocycles. The molecular weight excluding hydrogens is 466 g/mol. The van der Waals surface area contributed by atoms with Gasteiger partial charge in [-0.15, -0.1) is 0 Å². The Morgan fingerprint density at radius 3 is 2.28 bits per heavy atom. The van der Waals surface area contributed by atoms with E-state index >= 15 is 0 Å². The number of nitrogens with zero attached hydrogens (tertiary/aromatic N) is 3. The minimum absolute atomic E-state index is 0.160. The number of nitrogens with two attached hydrogens (primary N) is 1. The zero-order valence-corrected chi connectivity index (χ0v) is 19.7. The molecule has 1 aromatic heterocycles. The largest absolute Gasteiger partial charge is 0.478 e. The van der Waals surface area contributed by atoms with Crippen LogP contribution in [0.15, 0.2) is 48.5 Å². The first-order valence-corrected chi connectivity index (χ1v) is 11.2. The monoisotopic (exact) mass is 493 g/mol. The summed E-state index contributed by atoms with van der Waals surface area (Å²) in [5.74, 6) is -0.950. The summed E-state index contributed by atoms with van der Waals surface area (Å²) in [6, 6.07) is 13.8. The SMILES string of the molecule is CCOc1nc(Cc2ccc(C(=O)O)cc2)nc(NCc2ccc(NC(=O)CNC(=O)CN)cc2)n1. The number of aromatic nitrogens is 3. The van der Waals surface area contributed by atoms with E-state index < -0.39 is 11.9 Å². The average Bonchev–Trinajstić information content (AvgIpc) is 2.87. The lowest BCUT2D eigenvalue weighted by atomic mass is 10.1. The number of carbonyl (C=O) groups excluding carboxylic acids is 2. The lowest BCUT2D eigenvalue weighted by molar-refractivity contribution is -0.123. The number of hydrogen-bond donors (Lipinski definition) is 5. The third-order valence-corrected chi connectivity index (χ3v) is 4.82. The molecule has 0 aliphatic rings. The lowest BCUT2D eigenvalue weighted by Gasteiger charge is -2.10. The molecule has 0 unspecified atom stereocenters. The van der Waals surface area contributed by atoms with E-state index in [1.165, 1.54) is 12.1 Å². The van der Waals surface area contributed by atoms with Crippen LogP contribution in [0.3, 0.4) is 0 Å². The van der Waals surface area contributed by atoms with Crippen molar-refractivity contribution in [1.29, 1.82) is 0 Å². The zero-order valence-electron chi connectivity index (χ0n) is 19.7. The Morgan fingerprint density at radius 2 is 1.64 bits per heavy atom. The molecule has 2 aromatic carbocycles. The predicted octanol–water partition coefficient (Wildman–Crippen LogP) is 1.18. The highest BCUT2D eigenvalue weighted by Gasteiger charge is 2.10. The standard InChI is InChI=1S/C24H27N7O5/c1-2-36-24-30-19(11-15-3-7-17(8-4-15)22(34)35)29-23(31-24)27-13-16-5-9-18(10-6-16)28-21(33)14-26-20(32)12-25/h3-10H,2,11-14,25H2,1H3,(H,26,32)(H,28,33)(H,34,35)(H,27,29,30,31). The number of carboxylic acid groups (broad SMARTS) is 1. The molecule has 3 rings (SSSR count). The molecule has 0 radical (unpaired) electrons. The van der Waals surface area contributed by atoms with E-state index in [0.29, 0.717) is 37.0 Å². The van der Waals surface area contributed by atoms with Crippen molar-refractivity contribution >= 4 is 29.4 Å². The van der Waals surface area contributed by atoms with Crippen LogP contribution < -0.4 is 26.4 Å². The van der Waals surface area contributed by atoms with Crippen LogP contribution in [-0.2, 0) is 22.6 Å². The third kappa shape index (κ3) is 8.02. The Balaban J connectivity index is 1.61. The predicted molar refractivity (Wildman–Crippen MR) is 132 cm³/mol. The van der Waals surface area contributed by atoms with E-state index in [2.05, 4.69) is 30.9 Å². The number of nitrogens with one attached hydrogen (secondary N) is 3. The first-order valence-electron chi connectivity index (χ1n) is 11.2. The van der Waals surface area contributed by atoms with Gasteiger partial charge in [-0.2, -0.15) is 15.0 Å². The smallest absolute Gasteiger partial charge is 0.335 e. The molecule has 3 aromatic rings. The van der Waals surface area contributed by atoms with Gasteiger partial charge >= 0.3 is 12.0 Å². The topological polar surface area (TPSA) is 181 Å². The van der Waals surface area contributed by atoms with Crippen LogP contribution >= 0.6 is 0 Å². The van der Waals surface area contributed by atoms with E-state index in [4.69, 9.17) is 15.6 Å². The molecule has 2 amide bonds. The second kappa shape index (κ2) is 12.8. The molecule has 6 N–H and O–H groups in total. The molecule has 0 fully saturated rings. The summed E-state index contributed by atoms with van der Waals surface area (Å²) in [5, 5.41) is 17.3. The van der Waals surface area contributed by atoms with Gasteiger partial charge in [0.2, 0.25) is 17.8 Å². The van der Waals surface area contributed by atoms with E-state index in [1.54, 1.807) is 24.3 Å². The summed E-state index contributed by atoms with van der Waals surface area (Å²) in [7, 11) is 0. The number of aromatic carboxylic acids is 1. The second-order valence-corrected chi connectivity index (χ2v) is 7.55. The molecule has 0 saturated heterocycles. The van der Waals surface area contributed by atoms with Crippen LogP contribution in [0.4, 0.5) is 11.6 Å². The van der Waals surface area contributed by atoms with Crippen molar-refractivity contribution in [3.63, 3.8) is 0 Å². The number of carboxylic acids is 1. The quantitative estimate of drug-likeness (QED) is 0.246. The molecule has 12 nitrogen and oxygen atoms in total. The molecule has 0 aliphatic heterocycles. The molecule has 0 spiro atoms. The van der Waals surface area contributed by atoms with E-state index in [-0.39, 0.29) is 30.6 Å². The summed E-state index contributed by atoms with van der Waals surface area (Å²) < 4.78 is 5.47. The highest BCUT2D eigenvalue weighted by Crippen LogP contribution is 2.15. The molecule has 1 heterocycles. The average molecular weight is 494 g/mol. The molecular formula is C24H27N7O5. The minimum atomic E-state index is -0.988. The van der Waals surface area contributed by atoms with Crippen LogP contribution in [-0.4, -0.2) is 57.5 Å². The van der Waals surface area contributed by atoms with Crippen molar-refractivity contribution in [2.45, 2.75) is 19.9 Å². The number of rotatable bonds is 12. The fourth-order valence-corrected chi connectivity index (χ4v) is 3.04. The van der Waals surface area contributed by atoms with Crippen molar-refractivity contribution in [1.82, 2.24) is 20.3 Å². The lowest BCUT2D eigenvalue weighted by Crippen LogP contribution is -2.36. The van der Waals surface area contributed by atoms with Gasteiger partial charge in [-0.3, -0.25) is 9.59 Å². The van der Waals surface area contributed by atoms with Crippen LogP contribution in [0.1, 0.15) is 34.2 Å². The summed E-state index contributed by atoms with van der Waals surface area (Å²) >= 11 is 0. The number of anilines is 2. The Bertz CT molecular complexity index is 1200. The number of benzene rings is 2. The van der Waals surface area contributed by atoms with Gasteiger partial charge in [0.15, 0.2) is 0 Å². The van der Waals surface area contributed by atoms with Gasteiger partial charge in [-0.05, 0) is 42.3 Å². The van der Waals surface area contributed by atoms with Gasteiger partial charge in [-0.1, -0.05) is 24.3 Å². The van der Waals surface area contributed by atoms with Gasteiger partial charge in [0.05, 0.1) is 25.3 Å². The zero-order chi connectivity index (χ0) is 25.9. The second-order valence-electron chi connectivity index (χ2n) is 7.55. The third-order valence-electron chi connectivity index (χ3n) is 4.82. The van der Waals surface area contributed by atoms with Gasteiger partial charge in [0, 0.05) is 18.7 Å². The Hall–Kier alpha value is -4.58. The van der Waals surface area contributed by atoms with Crippen molar-refractivity contribution < 1.29 is 24.2 Å². The molecule has 188 valence electrons. The van der Waals surface area contributed by atoms with Gasteiger partial charge in [-0.25, -0.2) is 4.79 Å². The Labute approximate surface area is 207 Å². The molecule has 0 atom stereocenters. The highest BCUT2D eigenvalue weighted by molar-refractivity contribution is 5.94. The van der Waals surface area contributed by atoms with Gasteiger partial charge in [0.1, 0.15) is 5.82 Å². The number of hydrogen-bond acceptors (Lipinski definition) is 9. The van der Waals surface area contributed by atoms with Crippen molar-refractivity contribution in [2.75, 3.05) is 30.3 Å². The van der Waals surface area contributed by atoms with Crippen LogP contribution in [0.2, 0.25) is 0 Å². The van der Waals surface area contributed by atoms with Crippen molar-refractivity contribution in [2.24, 2.45) is 5.73 Å². The molecule has 12 heteroatoms. The maximum Gasteiger partial charge on any atom is 0.335 e. The summed E-state index contributed by atoms with van der Waals surface area (Å²) in [4.78, 5) is 47.1. The fourth-order valence-electron chi connectivity index (χ4n) is 3.04. The Kier molecular flexibility index (Phi) is 9.23. The first-order chi connectivity index (χ1) is 17.4. The maximum atomic E-state index is 11.9. The first kappa shape index (κ1) is 26.0. The molecule has 36 heavy (non-hydrogen) atoms. The van der Waals surface area contributed by atoms with Crippen molar-refractivity contribution in [3.05, 3.63) is 71.0 Å². The number of ether oxygens (including phenoxy) is 1. The maximum absolute atomic E-state index is 11.9. The van der Waals surface area contributed by atoms with Crippen LogP contribution in [0.25, 0.3) is 0 Å². The van der Waals surface area contributed by atoms with Gasteiger partial charge in [0.25, 0.3) is 0 Å². The summed E-state index contributed by atoms with van der Waals surface area (Å²) in [6.07, 6.45) is 0.372. The molecule has 0 aliphatic carbocycles. The summed E-state index contributed by atoms with van der Waals surface area (Å²) in [5.41, 5.74) is 7.74. The van der Waals surface area contributed by atoms with E-state index in [0.717, 1.165) is 11.1 Å². The fraction of sp³-hybridized carbons (Fsp3) is 0.250. The number of carbonyl (C=O) groups is 3. The Morgan fingerprint density at radius 1 is 0.944 bits per heavy atom. The summed E-state index contributed by atoms with van der Waals surface area (Å²) in [6.45, 7) is 2.28. The normalized spacial score (nSPS) is 10.4. The van der Waals surface area contributed by atoms with E-state index in [9.17, 15) is 14.4 Å². The van der Waals surface area contributed by atoms with Crippen molar-refractivity contribution in [3.8, 4) is 6.01 Å².